The van der Waals surface area contributed by atoms with Crippen LogP contribution < -0.4 is 5.32 Å². The van der Waals surface area contributed by atoms with Gasteiger partial charge in [0.25, 0.3) is 5.91 Å². The number of nitrogens with one attached hydrogen (secondary N) is 1. The van der Waals surface area contributed by atoms with Gasteiger partial charge >= 0.3 is 0 Å². The molecule has 7 nitrogen and oxygen atoms in total. The van der Waals surface area contributed by atoms with Gasteiger partial charge in [-0.15, -0.1) is 0 Å². The second-order valence-electron chi connectivity index (χ2n) is 8.78. The maximum Gasteiger partial charge on any atom is 0.253 e. The van der Waals surface area contributed by atoms with Gasteiger partial charge in [-0.05, 0) is 48.6 Å². The molecule has 0 atom stereocenters. The fraction of sp³-hybridized carbons (Fsp3) is 0.385. The summed E-state index contributed by atoms with van der Waals surface area (Å²) in [6.07, 6.45) is 1.99. The van der Waals surface area contributed by atoms with Gasteiger partial charge in [-0.25, -0.2) is 0 Å². The van der Waals surface area contributed by atoms with Crippen molar-refractivity contribution < 1.29 is 14.1 Å². The predicted molar refractivity (Wildman–Crippen MR) is 127 cm³/mol. The summed E-state index contributed by atoms with van der Waals surface area (Å²) in [4.78, 5) is 31.8. The van der Waals surface area contributed by atoms with Crippen LogP contribution >= 0.6 is 0 Å². The highest BCUT2D eigenvalue weighted by Gasteiger charge is 2.28. The lowest BCUT2D eigenvalue weighted by molar-refractivity contribution is -0.121. The van der Waals surface area contributed by atoms with Crippen molar-refractivity contribution in [1.82, 2.24) is 15.0 Å². The fourth-order valence-corrected chi connectivity index (χ4v) is 4.00. The molecule has 2 aromatic carbocycles. The molecule has 4 rings (SSSR count). The lowest BCUT2D eigenvalue weighted by atomic mass is 9.95. The Bertz CT molecular complexity index is 1100. The smallest absolute Gasteiger partial charge is 0.253 e. The molecule has 1 aliphatic heterocycles. The minimum atomic E-state index is -0.0906. The molecule has 172 valence electrons. The number of piperidine rings is 1. The highest BCUT2D eigenvalue weighted by atomic mass is 16.5. The summed E-state index contributed by atoms with van der Waals surface area (Å²) >= 11 is 0. The van der Waals surface area contributed by atoms with E-state index >= 15 is 0 Å². The Morgan fingerprint density at radius 3 is 2.30 bits per heavy atom. The van der Waals surface area contributed by atoms with Gasteiger partial charge < -0.3 is 14.7 Å². The van der Waals surface area contributed by atoms with Crippen LogP contribution in [0.25, 0.3) is 11.4 Å². The van der Waals surface area contributed by atoms with Crippen molar-refractivity contribution in [3.63, 3.8) is 0 Å². The first kappa shape index (κ1) is 22.7. The molecule has 0 radical (unpaired) electrons. The van der Waals surface area contributed by atoms with Crippen LogP contribution in [0.4, 0.5) is 5.69 Å². The second-order valence-corrected chi connectivity index (χ2v) is 8.78. The van der Waals surface area contributed by atoms with Gasteiger partial charge in [0.2, 0.25) is 17.6 Å². The fourth-order valence-electron chi connectivity index (χ4n) is 4.00. The summed E-state index contributed by atoms with van der Waals surface area (Å²) in [6.45, 7) is 7.38. The summed E-state index contributed by atoms with van der Waals surface area (Å²) < 4.78 is 5.15. The highest BCUT2D eigenvalue weighted by Crippen LogP contribution is 2.23. The lowest BCUT2D eigenvalue weighted by Crippen LogP contribution is -2.41. The van der Waals surface area contributed by atoms with Gasteiger partial charge in [0.15, 0.2) is 0 Å². The van der Waals surface area contributed by atoms with Crippen molar-refractivity contribution in [2.24, 2.45) is 5.92 Å². The first-order valence-corrected chi connectivity index (χ1v) is 11.6. The van der Waals surface area contributed by atoms with Crippen LogP contribution in [0.3, 0.4) is 0 Å². The monoisotopic (exact) mass is 446 g/mol. The molecule has 2 heterocycles. The Balaban J connectivity index is 1.30. The minimum Gasteiger partial charge on any atom is -0.339 e. The SMILES string of the molecule is CCc1nc(-c2ccc(C(=O)N3CCC(C(=O)Nc4ccc(C(C)C)cc4)CC3)cc2)no1. The van der Waals surface area contributed by atoms with E-state index in [1.807, 2.05) is 48.2 Å². The molecule has 0 spiro atoms. The van der Waals surface area contributed by atoms with Gasteiger partial charge in [-0.2, -0.15) is 4.98 Å². The van der Waals surface area contributed by atoms with Crippen molar-refractivity contribution >= 4 is 17.5 Å². The van der Waals surface area contributed by atoms with E-state index in [4.69, 9.17) is 4.52 Å². The molecule has 0 bridgehead atoms. The number of aromatic nitrogens is 2. The Labute approximate surface area is 194 Å². The van der Waals surface area contributed by atoms with Gasteiger partial charge in [0, 0.05) is 42.2 Å². The molecule has 1 aliphatic rings. The van der Waals surface area contributed by atoms with Crippen molar-refractivity contribution in [2.45, 2.75) is 46.0 Å². The highest BCUT2D eigenvalue weighted by molar-refractivity contribution is 5.95. The van der Waals surface area contributed by atoms with E-state index in [0.717, 1.165) is 11.3 Å². The Kier molecular flexibility index (Phi) is 6.87. The molecule has 0 aliphatic carbocycles. The van der Waals surface area contributed by atoms with Gasteiger partial charge in [-0.3, -0.25) is 9.59 Å². The summed E-state index contributed by atoms with van der Waals surface area (Å²) in [5, 5.41) is 6.99. The third-order valence-electron chi connectivity index (χ3n) is 6.16. The van der Waals surface area contributed by atoms with Crippen molar-refractivity contribution in [3.8, 4) is 11.4 Å². The number of aryl methyl sites for hydroxylation is 1. The van der Waals surface area contributed by atoms with Crippen molar-refractivity contribution in [2.75, 3.05) is 18.4 Å². The molecule has 1 aromatic heterocycles. The quantitative estimate of drug-likeness (QED) is 0.581. The van der Waals surface area contributed by atoms with Crippen LogP contribution in [0.2, 0.25) is 0 Å². The van der Waals surface area contributed by atoms with Crippen LogP contribution in [0.5, 0.6) is 0 Å². The van der Waals surface area contributed by atoms with Crippen LogP contribution in [0.1, 0.15) is 61.3 Å². The van der Waals surface area contributed by atoms with Crippen molar-refractivity contribution in [3.05, 3.63) is 65.5 Å². The largest absolute Gasteiger partial charge is 0.339 e. The Morgan fingerprint density at radius 2 is 1.73 bits per heavy atom. The van der Waals surface area contributed by atoms with Crippen LogP contribution in [-0.4, -0.2) is 39.9 Å². The summed E-state index contributed by atoms with van der Waals surface area (Å²) in [5.41, 5.74) is 3.49. The van der Waals surface area contributed by atoms with Crippen LogP contribution in [0.15, 0.2) is 53.1 Å². The molecule has 1 saturated heterocycles. The molecular weight excluding hydrogens is 416 g/mol. The lowest BCUT2D eigenvalue weighted by Gasteiger charge is -2.31. The number of carbonyl (C=O) groups excluding carboxylic acids is 2. The zero-order valence-electron chi connectivity index (χ0n) is 19.4. The Morgan fingerprint density at radius 1 is 1.06 bits per heavy atom. The topological polar surface area (TPSA) is 88.3 Å². The van der Waals surface area contributed by atoms with Crippen molar-refractivity contribution in [1.29, 1.82) is 0 Å². The van der Waals surface area contributed by atoms with E-state index in [-0.39, 0.29) is 17.7 Å². The van der Waals surface area contributed by atoms with E-state index in [2.05, 4.69) is 29.3 Å². The third kappa shape index (κ3) is 5.30. The van der Waals surface area contributed by atoms with E-state index in [1.54, 1.807) is 12.1 Å². The van der Waals surface area contributed by atoms with E-state index < -0.39 is 0 Å². The minimum absolute atomic E-state index is 0.0213. The third-order valence-corrected chi connectivity index (χ3v) is 6.16. The van der Waals surface area contributed by atoms with Gasteiger partial charge in [0.1, 0.15) is 0 Å². The predicted octanol–water partition coefficient (Wildman–Crippen LogP) is 4.91. The van der Waals surface area contributed by atoms with Crippen LogP contribution in [-0.2, 0) is 11.2 Å². The van der Waals surface area contributed by atoms with Crippen LogP contribution in [0, 0.1) is 5.92 Å². The van der Waals surface area contributed by atoms with Gasteiger partial charge in [-0.1, -0.05) is 50.2 Å². The number of likely N-dealkylation sites (tertiary alicyclic amines) is 1. The zero-order valence-corrected chi connectivity index (χ0v) is 19.4. The molecule has 0 unspecified atom stereocenters. The summed E-state index contributed by atoms with van der Waals surface area (Å²) in [7, 11) is 0. The first-order valence-electron chi connectivity index (χ1n) is 11.6. The molecule has 2 amide bonds. The van der Waals surface area contributed by atoms with E-state index in [0.29, 0.717) is 55.5 Å². The molecule has 1 fully saturated rings. The summed E-state index contributed by atoms with van der Waals surface area (Å²) in [6, 6.07) is 15.3. The molecular formula is C26H30N4O3. The standard InChI is InChI=1S/C26H30N4O3/c1-4-23-28-24(29-33-23)19-5-7-21(8-6-19)26(32)30-15-13-20(14-16-30)25(31)27-22-11-9-18(10-12-22)17(2)3/h5-12,17,20H,4,13-16H2,1-3H3,(H,27,31). The maximum atomic E-state index is 12.9. The van der Waals surface area contributed by atoms with E-state index in [1.165, 1.54) is 5.56 Å². The normalized spacial score (nSPS) is 14.5. The molecule has 1 N–H and O–H groups in total. The molecule has 3 aromatic rings. The maximum absolute atomic E-state index is 12.9. The number of amides is 2. The summed E-state index contributed by atoms with van der Waals surface area (Å²) in [5.74, 6) is 1.48. The van der Waals surface area contributed by atoms with E-state index in [9.17, 15) is 9.59 Å². The first-order chi connectivity index (χ1) is 15.9. The second kappa shape index (κ2) is 9.98. The number of nitrogens with zero attached hydrogens (tertiary/aromatic N) is 3. The molecule has 7 heteroatoms. The number of hydrogen-bond acceptors (Lipinski definition) is 5. The number of rotatable bonds is 6. The Hall–Kier alpha value is -3.48. The number of carbonyl (C=O) groups is 2. The zero-order chi connectivity index (χ0) is 23.4. The molecule has 33 heavy (non-hydrogen) atoms. The average Bonchev–Trinajstić information content (AvgIpc) is 3.33. The van der Waals surface area contributed by atoms with Gasteiger partial charge in [0.05, 0.1) is 0 Å². The number of anilines is 1. The molecule has 0 saturated carbocycles. The average molecular weight is 447 g/mol. The number of hydrogen-bond donors (Lipinski definition) is 1. The number of benzene rings is 2.